The van der Waals surface area contributed by atoms with E-state index in [1.807, 2.05) is 83.1 Å². The lowest BCUT2D eigenvalue weighted by atomic mass is 10.1. The minimum Gasteiger partial charge on any atom is -0.220 e. The molecule has 0 aromatic heterocycles. The summed E-state index contributed by atoms with van der Waals surface area (Å²) in [6.07, 6.45) is 0. The van der Waals surface area contributed by atoms with E-state index in [4.69, 9.17) is 0 Å². The molecular formula is C18H36N4. The average molecular weight is 309 g/mol. The summed E-state index contributed by atoms with van der Waals surface area (Å²) in [7, 11) is 0. The Labute approximate surface area is 138 Å². The third-order valence-corrected chi connectivity index (χ3v) is 1.54. The Morgan fingerprint density at radius 3 is 0.591 bits per heavy atom. The van der Waals surface area contributed by atoms with Crippen LogP contribution in [0.3, 0.4) is 0 Å². The van der Waals surface area contributed by atoms with Gasteiger partial charge in [-0.2, -0.15) is 0 Å². The van der Waals surface area contributed by atoms with Gasteiger partial charge in [0.15, 0.2) is 0 Å². The molecule has 0 heterocycles. The third kappa shape index (κ3) is 27.2. The SMILES string of the molecule is CC(C)(C)N=C=NC(C)(C)C.CC(C)(C)N=C=NC(C)(C)C. The molecule has 4 nitrogen and oxygen atoms in total. The van der Waals surface area contributed by atoms with Crippen LogP contribution in [0.2, 0.25) is 0 Å². The van der Waals surface area contributed by atoms with Crippen LogP contribution in [0.4, 0.5) is 0 Å². The maximum Gasteiger partial charge on any atom is 0.0903 e. The quantitative estimate of drug-likeness (QED) is 0.529. The average Bonchev–Trinajstić information content (AvgIpc) is 2.08. The lowest BCUT2D eigenvalue weighted by Gasteiger charge is -2.10. The lowest BCUT2D eigenvalue weighted by Crippen LogP contribution is -2.11. The number of hydrogen-bond donors (Lipinski definition) is 0. The molecule has 0 aromatic rings. The van der Waals surface area contributed by atoms with Crippen LogP contribution >= 0.6 is 0 Å². The van der Waals surface area contributed by atoms with Gasteiger partial charge in [0.05, 0.1) is 34.2 Å². The fraction of sp³-hybridized carbons (Fsp3) is 0.889. The summed E-state index contributed by atoms with van der Waals surface area (Å²) in [5.74, 6) is 0. The molecule has 0 atom stereocenters. The van der Waals surface area contributed by atoms with Gasteiger partial charge in [0.1, 0.15) is 0 Å². The van der Waals surface area contributed by atoms with Gasteiger partial charge in [0.25, 0.3) is 0 Å². The second-order valence-corrected chi connectivity index (χ2v) is 9.33. The summed E-state index contributed by atoms with van der Waals surface area (Å²) in [4.78, 5) is 16.5. The van der Waals surface area contributed by atoms with Crippen LogP contribution in [-0.4, -0.2) is 34.2 Å². The molecule has 0 aliphatic carbocycles. The monoisotopic (exact) mass is 308 g/mol. The van der Waals surface area contributed by atoms with Gasteiger partial charge < -0.3 is 0 Å². The van der Waals surface area contributed by atoms with Crippen molar-refractivity contribution in [3.05, 3.63) is 0 Å². The Bertz CT molecular complexity index is 353. The van der Waals surface area contributed by atoms with Gasteiger partial charge in [0.2, 0.25) is 0 Å². The van der Waals surface area contributed by atoms with E-state index in [0.717, 1.165) is 0 Å². The molecule has 0 fully saturated rings. The van der Waals surface area contributed by atoms with Crippen LogP contribution in [0, 0.1) is 0 Å². The highest BCUT2D eigenvalue weighted by Crippen LogP contribution is 2.07. The molecule has 0 aliphatic heterocycles. The van der Waals surface area contributed by atoms with Crippen molar-refractivity contribution in [3.8, 4) is 0 Å². The summed E-state index contributed by atoms with van der Waals surface area (Å²) in [5.41, 5.74) is -0.243. The van der Waals surface area contributed by atoms with Crippen LogP contribution in [0.5, 0.6) is 0 Å². The second kappa shape index (κ2) is 8.41. The van der Waals surface area contributed by atoms with E-state index in [1.54, 1.807) is 0 Å². The fourth-order valence-corrected chi connectivity index (χ4v) is 0.650. The van der Waals surface area contributed by atoms with Gasteiger partial charge in [-0.3, -0.25) is 0 Å². The fourth-order valence-electron chi connectivity index (χ4n) is 0.650. The normalized spacial score (nSPS) is 12.2. The summed E-state index contributed by atoms with van der Waals surface area (Å²) in [6, 6.07) is 5.43. The minimum atomic E-state index is -0.0608. The van der Waals surface area contributed by atoms with Crippen molar-refractivity contribution in [3.63, 3.8) is 0 Å². The predicted octanol–water partition coefficient (Wildman–Crippen LogP) is 5.51. The number of aliphatic imine (C=N–C) groups is 4. The molecule has 128 valence electrons. The van der Waals surface area contributed by atoms with Crippen molar-refractivity contribution >= 4 is 12.0 Å². The van der Waals surface area contributed by atoms with Crippen LogP contribution < -0.4 is 0 Å². The summed E-state index contributed by atoms with van der Waals surface area (Å²) < 4.78 is 0. The van der Waals surface area contributed by atoms with Crippen molar-refractivity contribution in [2.75, 3.05) is 0 Å². The van der Waals surface area contributed by atoms with Gasteiger partial charge in [-0.15, -0.1) is 0 Å². The van der Waals surface area contributed by atoms with Crippen LogP contribution in [0.15, 0.2) is 20.0 Å². The molecule has 0 amide bonds. The van der Waals surface area contributed by atoms with Gasteiger partial charge in [-0.05, 0) is 83.1 Å². The van der Waals surface area contributed by atoms with Gasteiger partial charge >= 0.3 is 0 Å². The highest BCUT2D eigenvalue weighted by atomic mass is 14.9. The first kappa shape index (κ1) is 23.0. The molecule has 0 radical (unpaired) electrons. The molecule has 0 rings (SSSR count). The van der Waals surface area contributed by atoms with Gasteiger partial charge in [-0.1, -0.05) is 0 Å². The first-order valence-corrected chi connectivity index (χ1v) is 7.79. The molecule has 4 heteroatoms. The summed E-state index contributed by atoms with van der Waals surface area (Å²) in [6.45, 7) is 24.3. The zero-order valence-corrected chi connectivity index (χ0v) is 16.8. The zero-order valence-electron chi connectivity index (χ0n) is 16.8. The first-order chi connectivity index (χ1) is 9.41. The highest BCUT2D eigenvalue weighted by Gasteiger charge is 2.07. The second-order valence-electron chi connectivity index (χ2n) is 9.33. The summed E-state index contributed by atoms with van der Waals surface area (Å²) >= 11 is 0. The van der Waals surface area contributed by atoms with E-state index in [2.05, 4.69) is 32.0 Å². The standard InChI is InChI=1S/2C9H18N2/c2*1-8(2,3)10-7-11-9(4,5)6/h2*1-6H3. The van der Waals surface area contributed by atoms with Crippen molar-refractivity contribution in [1.82, 2.24) is 0 Å². The van der Waals surface area contributed by atoms with Crippen LogP contribution in [0.25, 0.3) is 0 Å². The molecule has 0 N–H and O–H groups in total. The van der Waals surface area contributed by atoms with Crippen molar-refractivity contribution in [2.24, 2.45) is 20.0 Å². The molecule has 0 aliphatic rings. The van der Waals surface area contributed by atoms with Crippen molar-refractivity contribution in [2.45, 2.75) is 105 Å². The lowest BCUT2D eigenvalue weighted by molar-refractivity contribution is 0.569. The number of rotatable bonds is 0. The Balaban J connectivity index is 0. The number of nitrogens with zero attached hydrogens (tertiary/aromatic N) is 4. The highest BCUT2D eigenvalue weighted by molar-refractivity contribution is 5.43. The molecule has 0 aromatic carbocycles. The van der Waals surface area contributed by atoms with E-state index in [-0.39, 0.29) is 22.2 Å². The van der Waals surface area contributed by atoms with E-state index in [9.17, 15) is 0 Å². The Hall–Kier alpha value is -1.24. The molecule has 22 heavy (non-hydrogen) atoms. The summed E-state index contributed by atoms with van der Waals surface area (Å²) in [5, 5.41) is 0. The van der Waals surface area contributed by atoms with E-state index in [0.29, 0.717) is 0 Å². The zero-order chi connectivity index (χ0) is 18.2. The topological polar surface area (TPSA) is 49.4 Å². The molecule has 0 bridgehead atoms. The van der Waals surface area contributed by atoms with Gasteiger partial charge in [-0.25, -0.2) is 20.0 Å². The number of hydrogen-bond acceptors (Lipinski definition) is 4. The Kier molecular flexibility index (Phi) is 8.80. The first-order valence-electron chi connectivity index (χ1n) is 7.79. The van der Waals surface area contributed by atoms with Crippen molar-refractivity contribution in [1.29, 1.82) is 0 Å². The molecule has 0 spiro atoms. The Morgan fingerprint density at radius 2 is 0.500 bits per heavy atom. The molecular weight excluding hydrogens is 272 g/mol. The maximum atomic E-state index is 4.13. The Morgan fingerprint density at radius 1 is 0.364 bits per heavy atom. The van der Waals surface area contributed by atoms with Crippen LogP contribution in [-0.2, 0) is 0 Å². The van der Waals surface area contributed by atoms with Crippen LogP contribution in [0.1, 0.15) is 83.1 Å². The van der Waals surface area contributed by atoms with E-state index >= 15 is 0 Å². The smallest absolute Gasteiger partial charge is 0.0903 e. The third-order valence-electron chi connectivity index (χ3n) is 1.54. The molecule has 0 saturated carbocycles. The largest absolute Gasteiger partial charge is 0.220 e. The maximum absolute atomic E-state index is 4.13. The molecule has 0 unspecified atom stereocenters. The van der Waals surface area contributed by atoms with Crippen molar-refractivity contribution < 1.29 is 0 Å². The van der Waals surface area contributed by atoms with E-state index < -0.39 is 0 Å². The molecule has 0 saturated heterocycles. The van der Waals surface area contributed by atoms with Gasteiger partial charge in [0, 0.05) is 0 Å². The predicted molar refractivity (Wildman–Crippen MR) is 98.7 cm³/mol. The minimum absolute atomic E-state index is 0.0608. The van der Waals surface area contributed by atoms with E-state index in [1.165, 1.54) is 0 Å².